The Morgan fingerprint density at radius 3 is 2.76 bits per heavy atom. The molecule has 0 aliphatic carbocycles. The Bertz CT molecular complexity index is 1840. The van der Waals surface area contributed by atoms with E-state index < -0.39 is 11.6 Å². The van der Waals surface area contributed by atoms with E-state index in [1.165, 1.54) is 12.1 Å². The van der Waals surface area contributed by atoms with E-state index >= 15 is 0 Å². The van der Waals surface area contributed by atoms with Gasteiger partial charge in [0.2, 0.25) is 5.91 Å². The van der Waals surface area contributed by atoms with Crippen molar-refractivity contribution in [1.29, 1.82) is 0 Å². The van der Waals surface area contributed by atoms with Gasteiger partial charge in [-0.3, -0.25) is 24.1 Å². The average Bonchev–Trinajstić information content (AvgIpc) is 3.30. The van der Waals surface area contributed by atoms with E-state index in [1.807, 2.05) is 48.0 Å². The molecule has 9 nitrogen and oxygen atoms in total. The number of halogens is 1. The van der Waals surface area contributed by atoms with Gasteiger partial charge in [-0.15, -0.1) is 0 Å². The Labute approximate surface area is 236 Å². The van der Waals surface area contributed by atoms with Gasteiger partial charge in [0.05, 0.1) is 41.9 Å². The second-order valence-electron chi connectivity index (χ2n) is 9.79. The molecule has 2 aromatic carbocycles. The van der Waals surface area contributed by atoms with Gasteiger partial charge < -0.3 is 15.2 Å². The van der Waals surface area contributed by atoms with Crippen LogP contribution in [-0.4, -0.2) is 51.4 Å². The van der Waals surface area contributed by atoms with Crippen LogP contribution in [0.2, 0.25) is 0 Å². The van der Waals surface area contributed by atoms with Crippen molar-refractivity contribution in [2.45, 2.75) is 26.4 Å². The number of benzene rings is 2. The average molecular weight is 552 g/mol. The number of likely N-dealkylation sites (N-methyl/N-ethyl adjacent to an activating group) is 1. The molecule has 0 radical (unpaired) electrons. The van der Waals surface area contributed by atoms with Crippen molar-refractivity contribution < 1.29 is 9.18 Å². The zero-order valence-corrected chi connectivity index (χ0v) is 23.2. The number of pyridine rings is 1. The quantitative estimate of drug-likeness (QED) is 0.279. The maximum Gasteiger partial charge on any atom is 0.294 e. The Balaban J connectivity index is 1.60. The first-order valence-corrected chi connectivity index (χ1v) is 13.1. The van der Waals surface area contributed by atoms with Gasteiger partial charge in [-0.05, 0) is 67.9 Å². The summed E-state index contributed by atoms with van der Waals surface area (Å²) >= 11 is 0. The molecule has 5 aromatic rings. The van der Waals surface area contributed by atoms with Crippen molar-refractivity contribution in [2.75, 3.05) is 19.4 Å². The van der Waals surface area contributed by atoms with Crippen LogP contribution in [0.25, 0.3) is 27.8 Å². The molecule has 41 heavy (non-hydrogen) atoms. The number of nitrogens with zero attached hydrogens (tertiary/aromatic N) is 5. The highest BCUT2D eigenvalue weighted by Gasteiger charge is 2.18. The summed E-state index contributed by atoms with van der Waals surface area (Å²) in [6.45, 7) is 3.79. The molecule has 0 bridgehead atoms. The van der Waals surface area contributed by atoms with Gasteiger partial charge in [0.1, 0.15) is 5.82 Å². The Morgan fingerprint density at radius 2 is 1.98 bits per heavy atom. The largest absolute Gasteiger partial charge is 0.315 e. The van der Waals surface area contributed by atoms with Crippen LogP contribution in [-0.2, 0) is 11.3 Å². The Kier molecular flexibility index (Phi) is 7.84. The molecule has 0 aliphatic heterocycles. The Hall–Kier alpha value is -4.96. The molecule has 0 saturated heterocycles. The van der Waals surface area contributed by atoms with Gasteiger partial charge in [0, 0.05) is 36.6 Å². The van der Waals surface area contributed by atoms with Crippen molar-refractivity contribution in [3.05, 3.63) is 106 Å². The number of hydrogen-bond acceptors (Lipinski definition) is 6. The minimum atomic E-state index is -0.511. The third kappa shape index (κ3) is 5.68. The molecule has 0 aliphatic rings. The molecule has 0 spiro atoms. The van der Waals surface area contributed by atoms with E-state index in [0.717, 1.165) is 38.8 Å². The lowest BCUT2D eigenvalue weighted by molar-refractivity contribution is -0.117. The number of carbonyl (C=O) groups is 1. The van der Waals surface area contributed by atoms with Crippen LogP contribution in [0, 0.1) is 12.7 Å². The molecule has 2 N–H and O–H groups in total. The predicted molar refractivity (Wildman–Crippen MR) is 159 cm³/mol. The SMILES string of the molecule is CN=Cc1cccc(-c2cnc(NC(=O)[C@H](C)NC)c(=O)n2Cc2cncc(-n3cc(C)c4cc(F)ccc43)c2)c1. The lowest BCUT2D eigenvalue weighted by atomic mass is 10.1. The van der Waals surface area contributed by atoms with Crippen LogP contribution in [0.15, 0.2) is 83.1 Å². The van der Waals surface area contributed by atoms with Gasteiger partial charge in [-0.2, -0.15) is 0 Å². The van der Waals surface area contributed by atoms with Gasteiger partial charge in [-0.1, -0.05) is 18.2 Å². The summed E-state index contributed by atoms with van der Waals surface area (Å²) in [6, 6.07) is 13.7. The van der Waals surface area contributed by atoms with Crippen molar-refractivity contribution >= 4 is 28.8 Å². The molecule has 0 unspecified atom stereocenters. The summed E-state index contributed by atoms with van der Waals surface area (Å²) in [4.78, 5) is 39.2. The fourth-order valence-electron chi connectivity index (χ4n) is 4.70. The van der Waals surface area contributed by atoms with E-state index in [4.69, 9.17) is 0 Å². The number of fused-ring (bicyclic) bond motifs is 1. The molecule has 3 aromatic heterocycles. The molecular weight excluding hydrogens is 521 g/mol. The highest BCUT2D eigenvalue weighted by atomic mass is 19.1. The maximum absolute atomic E-state index is 13.9. The summed E-state index contributed by atoms with van der Waals surface area (Å²) in [5, 5.41) is 6.32. The number of aryl methyl sites for hydroxylation is 1. The Morgan fingerprint density at radius 1 is 1.15 bits per heavy atom. The lowest BCUT2D eigenvalue weighted by Crippen LogP contribution is -2.38. The second-order valence-corrected chi connectivity index (χ2v) is 9.79. The highest BCUT2D eigenvalue weighted by Crippen LogP contribution is 2.26. The third-order valence-electron chi connectivity index (χ3n) is 6.95. The zero-order valence-electron chi connectivity index (χ0n) is 23.2. The van der Waals surface area contributed by atoms with Gasteiger partial charge in [-0.25, -0.2) is 9.37 Å². The van der Waals surface area contributed by atoms with Crippen LogP contribution in [0.5, 0.6) is 0 Å². The molecule has 0 fully saturated rings. The molecule has 1 amide bonds. The topological polar surface area (TPSA) is 106 Å². The molecule has 5 rings (SSSR count). The number of nitrogens with one attached hydrogen (secondary N) is 2. The molecule has 10 heteroatoms. The van der Waals surface area contributed by atoms with E-state index in [-0.39, 0.29) is 24.1 Å². The van der Waals surface area contributed by atoms with Gasteiger partial charge in [0.25, 0.3) is 5.56 Å². The minimum Gasteiger partial charge on any atom is -0.315 e. The predicted octanol–water partition coefficient (Wildman–Crippen LogP) is 4.34. The van der Waals surface area contributed by atoms with Crippen LogP contribution in [0.1, 0.15) is 23.6 Å². The molecule has 1 atom stereocenters. The normalized spacial score (nSPS) is 12.2. The fourth-order valence-corrected chi connectivity index (χ4v) is 4.70. The number of amides is 1. The summed E-state index contributed by atoms with van der Waals surface area (Å²) in [7, 11) is 3.36. The van der Waals surface area contributed by atoms with Crippen LogP contribution in [0.4, 0.5) is 10.2 Å². The summed E-state index contributed by atoms with van der Waals surface area (Å²) in [6.07, 6.45) is 8.67. The maximum atomic E-state index is 13.9. The number of aromatic nitrogens is 4. The van der Waals surface area contributed by atoms with Crippen LogP contribution < -0.4 is 16.2 Å². The molecular formula is C31H30FN7O2. The molecule has 208 valence electrons. The van der Waals surface area contributed by atoms with Gasteiger partial charge >= 0.3 is 0 Å². The lowest BCUT2D eigenvalue weighted by Gasteiger charge is -2.16. The van der Waals surface area contributed by atoms with Gasteiger partial charge in [0.15, 0.2) is 5.82 Å². The second kappa shape index (κ2) is 11.6. The van der Waals surface area contributed by atoms with E-state index in [0.29, 0.717) is 5.69 Å². The number of carbonyl (C=O) groups excluding carboxylic acids is 1. The number of anilines is 1. The first kappa shape index (κ1) is 27.6. The third-order valence-corrected chi connectivity index (χ3v) is 6.95. The number of aliphatic imine (C=N–C) groups is 1. The van der Waals surface area contributed by atoms with Crippen molar-refractivity contribution in [1.82, 2.24) is 24.4 Å². The summed E-state index contributed by atoms with van der Waals surface area (Å²) in [5.74, 6) is -0.728. The fraction of sp³-hybridized carbons (Fsp3) is 0.194. The van der Waals surface area contributed by atoms with Crippen LogP contribution >= 0.6 is 0 Å². The smallest absolute Gasteiger partial charge is 0.294 e. The first-order valence-electron chi connectivity index (χ1n) is 13.1. The van der Waals surface area contributed by atoms with E-state index in [9.17, 15) is 14.0 Å². The van der Waals surface area contributed by atoms with E-state index in [1.54, 1.807) is 56.5 Å². The van der Waals surface area contributed by atoms with Crippen molar-refractivity contribution in [2.24, 2.45) is 4.99 Å². The summed E-state index contributed by atoms with van der Waals surface area (Å²) < 4.78 is 17.4. The zero-order chi connectivity index (χ0) is 29.1. The first-order chi connectivity index (χ1) is 19.8. The monoisotopic (exact) mass is 551 g/mol. The van der Waals surface area contributed by atoms with Crippen molar-refractivity contribution in [3.8, 4) is 16.9 Å². The van der Waals surface area contributed by atoms with Crippen LogP contribution in [0.3, 0.4) is 0 Å². The number of rotatable bonds is 8. The summed E-state index contributed by atoms with van der Waals surface area (Å²) in [5.41, 5.74) is 5.08. The molecule has 3 heterocycles. The minimum absolute atomic E-state index is 0.0645. The highest BCUT2D eigenvalue weighted by molar-refractivity contribution is 5.93. The van der Waals surface area contributed by atoms with Crippen molar-refractivity contribution in [3.63, 3.8) is 0 Å². The molecule has 0 saturated carbocycles. The standard InChI is InChI=1S/C31H30FN7O2/c1-19-17-38(27-9-8-24(32)12-26(19)27)25-11-22(14-35-15-25)18-39-28(23-7-5-6-21(10-23)13-33-3)16-36-29(31(39)41)37-30(40)20(2)34-4/h5-17,20,34H,18H2,1-4H3,(H,36,37,40)/t20-/m0/s1. The van der Waals surface area contributed by atoms with E-state index in [2.05, 4.69) is 25.6 Å². The number of hydrogen-bond donors (Lipinski definition) is 2.